The van der Waals surface area contributed by atoms with Crippen molar-refractivity contribution in [2.75, 3.05) is 13.7 Å². The summed E-state index contributed by atoms with van der Waals surface area (Å²) < 4.78 is 5.50. The number of rotatable bonds is 1. The third-order valence-corrected chi connectivity index (χ3v) is 4.31. The van der Waals surface area contributed by atoms with Crippen LogP contribution in [0.2, 0.25) is 0 Å². The average Bonchev–Trinajstić information content (AvgIpc) is 2.34. The van der Waals surface area contributed by atoms with Crippen molar-refractivity contribution in [3.8, 4) is 5.75 Å². The lowest BCUT2D eigenvalue weighted by Gasteiger charge is -2.41. The summed E-state index contributed by atoms with van der Waals surface area (Å²) >= 11 is 0. The number of benzene rings is 1. The molecule has 112 valence electrons. The van der Waals surface area contributed by atoms with E-state index in [9.17, 15) is 0 Å². The van der Waals surface area contributed by atoms with Gasteiger partial charge in [0.1, 0.15) is 5.75 Å². The Morgan fingerprint density at radius 1 is 1.05 bits per heavy atom. The summed E-state index contributed by atoms with van der Waals surface area (Å²) in [7, 11) is 1.76. The number of ether oxygens (including phenoxy) is 1. The molecule has 20 heavy (non-hydrogen) atoms. The number of methoxy groups -OCH3 is 1. The molecule has 1 heterocycles. The zero-order valence-electron chi connectivity index (χ0n) is 14.1. The summed E-state index contributed by atoms with van der Waals surface area (Å²) in [6.07, 6.45) is 1.12. The molecule has 0 saturated carbocycles. The van der Waals surface area contributed by atoms with E-state index in [0.29, 0.717) is 0 Å². The molecule has 0 amide bonds. The highest BCUT2D eigenvalue weighted by Crippen LogP contribution is 2.36. The Morgan fingerprint density at radius 3 is 2.20 bits per heavy atom. The van der Waals surface area contributed by atoms with Crippen LogP contribution < -0.4 is 4.74 Å². The van der Waals surface area contributed by atoms with Crippen LogP contribution in [-0.2, 0) is 18.4 Å². The van der Waals surface area contributed by atoms with Crippen LogP contribution >= 0.6 is 0 Å². The molecule has 0 radical (unpaired) electrons. The van der Waals surface area contributed by atoms with Crippen LogP contribution in [0.5, 0.6) is 5.75 Å². The molecule has 0 spiro atoms. The summed E-state index contributed by atoms with van der Waals surface area (Å²) in [6.45, 7) is 16.0. The van der Waals surface area contributed by atoms with E-state index in [1.54, 1.807) is 7.11 Å². The minimum Gasteiger partial charge on any atom is -0.497 e. The molecule has 0 unspecified atom stereocenters. The van der Waals surface area contributed by atoms with Gasteiger partial charge in [0.25, 0.3) is 0 Å². The highest BCUT2D eigenvalue weighted by molar-refractivity contribution is 5.46. The number of hydrogen-bond acceptors (Lipinski definition) is 2. The van der Waals surface area contributed by atoms with E-state index in [-0.39, 0.29) is 11.0 Å². The van der Waals surface area contributed by atoms with Crippen molar-refractivity contribution < 1.29 is 4.74 Å². The van der Waals surface area contributed by atoms with Gasteiger partial charge >= 0.3 is 0 Å². The van der Waals surface area contributed by atoms with Crippen molar-refractivity contribution in [3.63, 3.8) is 0 Å². The monoisotopic (exact) mass is 275 g/mol. The van der Waals surface area contributed by atoms with Crippen LogP contribution in [0.3, 0.4) is 0 Å². The maximum absolute atomic E-state index is 5.50. The van der Waals surface area contributed by atoms with E-state index in [2.05, 4.69) is 58.6 Å². The van der Waals surface area contributed by atoms with Gasteiger partial charge in [-0.1, -0.05) is 20.8 Å². The summed E-state index contributed by atoms with van der Waals surface area (Å²) in [5.74, 6) is 0.998. The molecule has 0 saturated heterocycles. The fourth-order valence-corrected chi connectivity index (χ4v) is 3.00. The Labute approximate surface area is 124 Å². The summed E-state index contributed by atoms with van der Waals surface area (Å²) in [6, 6.07) is 4.45. The van der Waals surface area contributed by atoms with Crippen LogP contribution in [-0.4, -0.2) is 24.1 Å². The summed E-state index contributed by atoms with van der Waals surface area (Å²) in [5, 5.41) is 0. The Balaban J connectivity index is 2.49. The Morgan fingerprint density at radius 2 is 1.70 bits per heavy atom. The molecule has 0 N–H and O–H groups in total. The molecule has 0 aromatic heterocycles. The number of hydrogen-bond donors (Lipinski definition) is 0. The third-order valence-electron chi connectivity index (χ3n) is 4.31. The number of nitrogens with zero attached hydrogens (tertiary/aromatic N) is 1. The van der Waals surface area contributed by atoms with E-state index < -0.39 is 0 Å². The maximum atomic E-state index is 5.50. The molecule has 2 heteroatoms. The van der Waals surface area contributed by atoms with Gasteiger partial charge in [-0.05, 0) is 61.4 Å². The molecule has 0 bridgehead atoms. The fourth-order valence-electron chi connectivity index (χ4n) is 3.00. The van der Waals surface area contributed by atoms with Crippen LogP contribution in [0.15, 0.2) is 12.1 Å². The Bertz CT molecular complexity index is 491. The third kappa shape index (κ3) is 3.01. The largest absolute Gasteiger partial charge is 0.497 e. The lowest BCUT2D eigenvalue weighted by molar-refractivity contribution is 0.119. The smallest absolute Gasteiger partial charge is 0.119 e. The van der Waals surface area contributed by atoms with Gasteiger partial charge in [0.2, 0.25) is 0 Å². The van der Waals surface area contributed by atoms with Gasteiger partial charge in [-0.3, -0.25) is 4.90 Å². The highest BCUT2D eigenvalue weighted by atomic mass is 16.5. The van der Waals surface area contributed by atoms with Crippen LogP contribution in [0, 0.1) is 0 Å². The molecule has 2 rings (SSSR count). The first-order chi connectivity index (χ1) is 9.13. The molecule has 0 aliphatic carbocycles. The van der Waals surface area contributed by atoms with E-state index in [1.807, 2.05) is 0 Å². The molecular formula is C18H29NO. The molecule has 1 aromatic rings. The SMILES string of the molecule is COc1cc2c(c(C(C)(C)C)c1)CN(C(C)(C)C)CC2. The van der Waals surface area contributed by atoms with Gasteiger partial charge in [-0.25, -0.2) is 0 Å². The van der Waals surface area contributed by atoms with Crippen molar-refractivity contribution in [2.45, 2.75) is 65.5 Å². The first-order valence-electron chi connectivity index (χ1n) is 7.58. The average molecular weight is 275 g/mol. The van der Waals surface area contributed by atoms with Crippen LogP contribution in [0.25, 0.3) is 0 Å². The summed E-state index contributed by atoms with van der Waals surface area (Å²) in [4.78, 5) is 2.58. The molecular weight excluding hydrogens is 246 g/mol. The fraction of sp³-hybridized carbons (Fsp3) is 0.667. The molecule has 2 nitrogen and oxygen atoms in total. The molecule has 1 aliphatic heterocycles. The standard InChI is InChI=1S/C18H29NO/c1-17(2,3)16-11-14(20-7)10-13-8-9-19(12-15(13)16)18(4,5)6/h10-11H,8-9,12H2,1-7H3. The van der Waals surface area contributed by atoms with Gasteiger partial charge in [0, 0.05) is 18.6 Å². The van der Waals surface area contributed by atoms with Crippen molar-refractivity contribution in [1.82, 2.24) is 4.90 Å². The van der Waals surface area contributed by atoms with Crippen LogP contribution in [0.4, 0.5) is 0 Å². The molecule has 0 atom stereocenters. The minimum absolute atomic E-state index is 0.152. The minimum atomic E-state index is 0.152. The Kier molecular flexibility index (Phi) is 3.90. The van der Waals surface area contributed by atoms with Crippen molar-refractivity contribution >= 4 is 0 Å². The first-order valence-corrected chi connectivity index (χ1v) is 7.58. The first kappa shape index (κ1) is 15.4. The number of fused-ring (bicyclic) bond motifs is 1. The predicted octanol–water partition coefficient (Wildman–Crippen LogP) is 4.15. The zero-order valence-corrected chi connectivity index (χ0v) is 14.1. The topological polar surface area (TPSA) is 12.5 Å². The van der Waals surface area contributed by atoms with E-state index in [4.69, 9.17) is 4.74 Å². The van der Waals surface area contributed by atoms with Crippen LogP contribution in [0.1, 0.15) is 58.2 Å². The van der Waals surface area contributed by atoms with Gasteiger partial charge in [0.15, 0.2) is 0 Å². The normalized spacial score (nSPS) is 16.9. The van der Waals surface area contributed by atoms with Crippen molar-refractivity contribution in [2.24, 2.45) is 0 Å². The van der Waals surface area contributed by atoms with E-state index in [1.165, 1.54) is 16.7 Å². The van der Waals surface area contributed by atoms with Gasteiger partial charge in [-0.15, -0.1) is 0 Å². The molecule has 0 fully saturated rings. The van der Waals surface area contributed by atoms with Gasteiger partial charge in [0.05, 0.1) is 7.11 Å². The highest BCUT2D eigenvalue weighted by Gasteiger charge is 2.30. The zero-order chi connectivity index (χ0) is 15.1. The second kappa shape index (κ2) is 5.07. The lowest BCUT2D eigenvalue weighted by atomic mass is 9.79. The second-order valence-electron chi connectivity index (χ2n) is 7.91. The lowest BCUT2D eigenvalue weighted by Crippen LogP contribution is -2.45. The van der Waals surface area contributed by atoms with E-state index in [0.717, 1.165) is 25.3 Å². The quantitative estimate of drug-likeness (QED) is 0.763. The summed E-state index contributed by atoms with van der Waals surface area (Å²) in [5.41, 5.74) is 4.79. The van der Waals surface area contributed by atoms with E-state index >= 15 is 0 Å². The Hall–Kier alpha value is -1.02. The van der Waals surface area contributed by atoms with Gasteiger partial charge < -0.3 is 4.74 Å². The second-order valence-corrected chi connectivity index (χ2v) is 7.91. The van der Waals surface area contributed by atoms with Crippen molar-refractivity contribution in [3.05, 3.63) is 28.8 Å². The molecule has 1 aromatic carbocycles. The van der Waals surface area contributed by atoms with Gasteiger partial charge in [-0.2, -0.15) is 0 Å². The predicted molar refractivity (Wildman–Crippen MR) is 85.6 cm³/mol. The van der Waals surface area contributed by atoms with Crippen molar-refractivity contribution in [1.29, 1.82) is 0 Å². The maximum Gasteiger partial charge on any atom is 0.119 e. The molecule has 1 aliphatic rings.